The molecule has 0 aliphatic heterocycles. The van der Waals surface area contributed by atoms with E-state index in [2.05, 4.69) is 14.4 Å². The molecule has 40 valence electrons. The Morgan fingerprint density at radius 1 is 1.57 bits per heavy atom. The first-order valence-electron chi connectivity index (χ1n) is 2.53. The van der Waals surface area contributed by atoms with E-state index in [1.807, 2.05) is 19.0 Å². The van der Waals surface area contributed by atoms with E-state index in [9.17, 15) is 0 Å². The van der Waals surface area contributed by atoms with Crippen LogP contribution in [0.2, 0.25) is 0 Å². The van der Waals surface area contributed by atoms with Crippen LogP contribution in [-0.4, -0.2) is 32.1 Å². The first-order valence-corrected chi connectivity index (χ1v) is 2.53. The molecular weight excluding hydrogens is 84.9 g/mol. The van der Waals surface area contributed by atoms with E-state index in [0.717, 1.165) is 6.42 Å². The van der Waals surface area contributed by atoms with Crippen LogP contribution >= 0.6 is 0 Å². The van der Waals surface area contributed by atoms with Crippen LogP contribution in [0.25, 0.3) is 0 Å². The standard InChI is InChI=1S/C5H12BN/c1-4-5(6)7(2)3/h6H,4H2,1-3H3. The van der Waals surface area contributed by atoms with Gasteiger partial charge in [0, 0.05) is 0 Å². The van der Waals surface area contributed by atoms with Crippen molar-refractivity contribution in [2.24, 2.45) is 0 Å². The fourth-order valence-electron chi connectivity index (χ4n) is 0.316. The number of nitrogens with zero attached hydrogens (tertiary/aromatic N) is 1. The Morgan fingerprint density at radius 3 is 2.00 bits per heavy atom. The van der Waals surface area contributed by atoms with Crippen LogP contribution < -0.4 is 0 Å². The monoisotopic (exact) mass is 97.1 g/mol. The van der Waals surface area contributed by atoms with Crippen LogP contribution in [0.1, 0.15) is 13.3 Å². The Morgan fingerprint density at radius 2 is 2.00 bits per heavy atom. The number of hydrogen-bond acceptors (Lipinski definition) is 1. The molecule has 7 heavy (non-hydrogen) atoms. The Hall–Kier alpha value is -0.265. The van der Waals surface area contributed by atoms with Gasteiger partial charge in [-0.2, -0.15) is 0 Å². The van der Waals surface area contributed by atoms with Crippen molar-refractivity contribution in [1.29, 1.82) is 0 Å². The van der Waals surface area contributed by atoms with Gasteiger partial charge in [-0.05, 0) is 0 Å². The van der Waals surface area contributed by atoms with Crippen molar-refractivity contribution in [1.82, 2.24) is 4.90 Å². The number of hydrogen-bond donors (Lipinski definition) is 0. The summed E-state index contributed by atoms with van der Waals surface area (Å²) in [6.45, 7) is 2.10. The molecule has 0 unspecified atom stereocenters. The molecule has 0 saturated heterocycles. The minimum absolute atomic E-state index is 1.05. The third-order valence-corrected chi connectivity index (χ3v) is 1.04. The van der Waals surface area contributed by atoms with Gasteiger partial charge in [0.1, 0.15) is 0 Å². The molecule has 0 saturated carbocycles. The quantitative estimate of drug-likeness (QED) is 0.438. The Balaban J connectivity index is 3.35. The van der Waals surface area contributed by atoms with E-state index in [4.69, 9.17) is 0 Å². The Labute approximate surface area is 46.4 Å². The Bertz CT molecular complexity index is 68.5. The van der Waals surface area contributed by atoms with Crippen LogP contribution in [0, 0.1) is 0 Å². The van der Waals surface area contributed by atoms with E-state index < -0.39 is 0 Å². The molecule has 1 nitrogen and oxygen atoms in total. The van der Waals surface area contributed by atoms with Crippen LogP contribution in [0.4, 0.5) is 0 Å². The third-order valence-electron chi connectivity index (χ3n) is 1.04. The summed E-state index contributed by atoms with van der Waals surface area (Å²) in [5.41, 5.74) is 1.18. The van der Waals surface area contributed by atoms with Gasteiger partial charge in [-0.15, -0.1) is 0 Å². The number of rotatable bonds is 2. The average Bonchev–Trinajstić information content (AvgIpc) is 1.65. The second kappa shape index (κ2) is 2.83. The molecule has 0 spiro atoms. The van der Waals surface area contributed by atoms with E-state index in [-0.39, 0.29) is 0 Å². The van der Waals surface area contributed by atoms with Crippen LogP contribution in [0.5, 0.6) is 0 Å². The van der Waals surface area contributed by atoms with E-state index >= 15 is 0 Å². The zero-order chi connectivity index (χ0) is 5.86. The SMILES string of the molecule is B=C(CC)N(C)C. The molecule has 0 aliphatic rings. The van der Waals surface area contributed by atoms with Crippen molar-refractivity contribution in [3.05, 3.63) is 0 Å². The predicted octanol–water partition coefficient (Wildman–Crippen LogP) is -0.0113. The van der Waals surface area contributed by atoms with Crippen molar-refractivity contribution >= 4 is 13.1 Å². The van der Waals surface area contributed by atoms with Gasteiger partial charge in [0.15, 0.2) is 0 Å². The zero-order valence-corrected chi connectivity index (χ0v) is 5.36. The summed E-state index contributed by atoms with van der Waals surface area (Å²) in [6.07, 6.45) is 1.05. The van der Waals surface area contributed by atoms with Crippen molar-refractivity contribution in [3.63, 3.8) is 0 Å². The van der Waals surface area contributed by atoms with Gasteiger partial charge in [0.2, 0.25) is 0 Å². The van der Waals surface area contributed by atoms with Crippen LogP contribution in [-0.2, 0) is 0 Å². The van der Waals surface area contributed by atoms with Gasteiger partial charge in [-0.3, -0.25) is 0 Å². The maximum atomic E-state index is 3.80. The van der Waals surface area contributed by atoms with E-state index in [1.165, 1.54) is 5.59 Å². The predicted molar refractivity (Wildman–Crippen MR) is 36.1 cm³/mol. The first-order chi connectivity index (χ1) is 3.18. The summed E-state index contributed by atoms with van der Waals surface area (Å²) < 4.78 is 0. The third kappa shape index (κ3) is 2.43. The molecule has 0 radical (unpaired) electrons. The fraction of sp³-hybridized carbons (Fsp3) is 0.800. The van der Waals surface area contributed by atoms with E-state index in [1.54, 1.807) is 0 Å². The van der Waals surface area contributed by atoms with Gasteiger partial charge in [-0.25, -0.2) is 0 Å². The van der Waals surface area contributed by atoms with Crippen LogP contribution in [0.15, 0.2) is 0 Å². The average molecular weight is 97.0 g/mol. The Kier molecular flexibility index (Phi) is 2.73. The summed E-state index contributed by atoms with van der Waals surface area (Å²) in [5.74, 6) is 0. The molecule has 0 bridgehead atoms. The molecule has 0 aromatic carbocycles. The molecule has 0 heterocycles. The van der Waals surface area contributed by atoms with Crippen molar-refractivity contribution in [2.75, 3.05) is 14.1 Å². The summed E-state index contributed by atoms with van der Waals surface area (Å²) in [6, 6.07) is 0. The van der Waals surface area contributed by atoms with Crippen molar-refractivity contribution in [3.8, 4) is 0 Å². The summed E-state index contributed by atoms with van der Waals surface area (Å²) >= 11 is 0. The van der Waals surface area contributed by atoms with Crippen molar-refractivity contribution in [2.45, 2.75) is 13.3 Å². The maximum absolute atomic E-state index is 3.80. The van der Waals surface area contributed by atoms with E-state index in [0.29, 0.717) is 0 Å². The van der Waals surface area contributed by atoms with Gasteiger partial charge in [-0.1, -0.05) is 0 Å². The summed E-state index contributed by atoms with van der Waals surface area (Å²) in [7, 11) is 7.81. The topological polar surface area (TPSA) is 3.24 Å². The zero-order valence-electron chi connectivity index (χ0n) is 5.36. The first kappa shape index (κ1) is 6.73. The molecule has 0 atom stereocenters. The fourth-order valence-corrected chi connectivity index (χ4v) is 0.316. The van der Waals surface area contributed by atoms with Crippen LogP contribution in [0.3, 0.4) is 0 Å². The molecular formula is C5H12BN. The molecule has 0 aromatic rings. The van der Waals surface area contributed by atoms with Gasteiger partial charge in [0.25, 0.3) is 0 Å². The molecule has 0 rings (SSSR count). The molecule has 0 amide bonds. The molecule has 0 N–H and O–H groups in total. The molecule has 2 heteroatoms. The normalized spacial score (nSPS) is 8.29. The summed E-state index contributed by atoms with van der Waals surface area (Å²) in [5, 5.41) is 0. The van der Waals surface area contributed by atoms with Gasteiger partial charge in [0.05, 0.1) is 0 Å². The van der Waals surface area contributed by atoms with Gasteiger partial charge < -0.3 is 0 Å². The molecule has 0 aliphatic carbocycles. The second-order valence-corrected chi connectivity index (χ2v) is 1.81. The summed E-state index contributed by atoms with van der Waals surface area (Å²) in [4.78, 5) is 2.03. The van der Waals surface area contributed by atoms with Crippen molar-refractivity contribution < 1.29 is 0 Å². The molecule has 0 fully saturated rings. The van der Waals surface area contributed by atoms with Gasteiger partial charge >= 0.3 is 45.4 Å². The second-order valence-electron chi connectivity index (χ2n) is 1.81. The molecule has 0 aromatic heterocycles. The minimum atomic E-state index is 1.05.